The average molecular weight is 315 g/mol. The molecule has 0 saturated heterocycles. The smallest absolute Gasteiger partial charge is 0.276 e. The van der Waals surface area contributed by atoms with Gasteiger partial charge in [-0.3, -0.25) is 10.1 Å². The van der Waals surface area contributed by atoms with Gasteiger partial charge in [0, 0.05) is 23.7 Å². The summed E-state index contributed by atoms with van der Waals surface area (Å²) < 4.78 is 27.2. The second-order valence-electron chi connectivity index (χ2n) is 5.23. The zero-order valence-corrected chi connectivity index (χ0v) is 13.5. The van der Waals surface area contributed by atoms with Crippen LogP contribution in [0.3, 0.4) is 0 Å². The van der Waals surface area contributed by atoms with Crippen LogP contribution in [0.4, 0.5) is 5.69 Å². The van der Waals surface area contributed by atoms with Gasteiger partial charge in [-0.05, 0) is 45.7 Å². The minimum absolute atomic E-state index is 0.0236. The molecule has 0 fully saturated rings. The molecule has 0 aromatic heterocycles. The summed E-state index contributed by atoms with van der Waals surface area (Å²) in [6.45, 7) is 6.65. The highest BCUT2D eigenvalue weighted by Crippen LogP contribution is 2.31. The summed E-state index contributed by atoms with van der Waals surface area (Å²) in [4.78, 5) is 10.5. The molecule has 0 aliphatic carbocycles. The van der Waals surface area contributed by atoms with Gasteiger partial charge in [-0.1, -0.05) is 0 Å². The van der Waals surface area contributed by atoms with Crippen LogP contribution >= 0.6 is 0 Å². The minimum Gasteiger partial charge on any atom is -0.328 e. The Morgan fingerprint density at radius 1 is 1.33 bits per heavy atom. The molecule has 0 aliphatic rings. The molecule has 1 atom stereocenters. The third-order valence-electron chi connectivity index (χ3n) is 3.20. The van der Waals surface area contributed by atoms with Crippen LogP contribution in [0.5, 0.6) is 0 Å². The lowest BCUT2D eigenvalue weighted by molar-refractivity contribution is -0.386. The summed E-state index contributed by atoms with van der Waals surface area (Å²) in [5, 5.41) is 11.1. The Labute approximate surface area is 124 Å². The third kappa shape index (κ3) is 3.99. The van der Waals surface area contributed by atoms with Crippen LogP contribution in [0.25, 0.3) is 0 Å². The molecule has 1 unspecified atom stereocenters. The predicted octanol–water partition coefficient (Wildman–Crippen LogP) is 1.54. The molecule has 0 radical (unpaired) electrons. The molecule has 0 aliphatic heterocycles. The van der Waals surface area contributed by atoms with Gasteiger partial charge < -0.3 is 5.73 Å². The fraction of sp³-hybridized carbons (Fsp3) is 0.538. The maximum absolute atomic E-state index is 12.4. The van der Waals surface area contributed by atoms with Crippen LogP contribution < -0.4 is 10.5 Å². The monoisotopic (exact) mass is 315 g/mol. The van der Waals surface area contributed by atoms with E-state index in [9.17, 15) is 18.5 Å². The molecular weight excluding hydrogens is 294 g/mol. The van der Waals surface area contributed by atoms with Gasteiger partial charge in [0.2, 0.25) is 10.0 Å². The molecule has 0 amide bonds. The fourth-order valence-electron chi connectivity index (χ4n) is 2.35. The van der Waals surface area contributed by atoms with Crippen molar-refractivity contribution in [2.45, 2.75) is 45.1 Å². The van der Waals surface area contributed by atoms with Crippen LogP contribution in [0.2, 0.25) is 0 Å². The predicted molar refractivity (Wildman–Crippen MR) is 80.8 cm³/mol. The van der Waals surface area contributed by atoms with E-state index in [0.717, 1.165) is 0 Å². The maximum Gasteiger partial charge on any atom is 0.276 e. The summed E-state index contributed by atoms with van der Waals surface area (Å²) in [7, 11) is -3.80. The number of nitrogens with zero attached hydrogens (tertiary/aromatic N) is 1. The standard InChI is InChI=1S/C13H21N3O4S/c1-8-7-9(2)13(11(4)12(8)16(17)18)21(19,20)15-6-5-10(3)14/h7,10,15H,5-6,14H2,1-4H3. The number of hydrogen-bond donors (Lipinski definition) is 2. The van der Waals surface area contributed by atoms with E-state index in [4.69, 9.17) is 5.73 Å². The summed E-state index contributed by atoms with van der Waals surface area (Å²) in [6.07, 6.45) is 0.491. The summed E-state index contributed by atoms with van der Waals surface area (Å²) >= 11 is 0. The molecule has 0 bridgehead atoms. The molecule has 0 heterocycles. The summed E-state index contributed by atoms with van der Waals surface area (Å²) in [5.74, 6) is 0. The lowest BCUT2D eigenvalue weighted by atomic mass is 10.1. The van der Waals surface area contributed by atoms with Crippen molar-refractivity contribution in [3.63, 3.8) is 0 Å². The topological polar surface area (TPSA) is 115 Å². The number of nitro benzene ring substituents is 1. The molecule has 0 spiro atoms. The van der Waals surface area contributed by atoms with Crippen LogP contribution in [-0.4, -0.2) is 25.9 Å². The van der Waals surface area contributed by atoms with Crippen LogP contribution in [0.1, 0.15) is 30.0 Å². The van der Waals surface area contributed by atoms with Crippen LogP contribution in [0, 0.1) is 30.9 Å². The van der Waals surface area contributed by atoms with E-state index in [-0.39, 0.29) is 28.7 Å². The fourth-order valence-corrected chi connectivity index (χ4v) is 3.86. The Bertz CT molecular complexity index is 654. The van der Waals surface area contributed by atoms with Crippen molar-refractivity contribution in [3.8, 4) is 0 Å². The highest BCUT2D eigenvalue weighted by atomic mass is 32.2. The molecule has 1 aromatic rings. The van der Waals surface area contributed by atoms with Gasteiger partial charge in [-0.25, -0.2) is 13.1 Å². The van der Waals surface area contributed by atoms with Crippen molar-refractivity contribution < 1.29 is 13.3 Å². The number of rotatable bonds is 6. The van der Waals surface area contributed by atoms with Crippen LogP contribution in [0.15, 0.2) is 11.0 Å². The van der Waals surface area contributed by atoms with Crippen molar-refractivity contribution in [3.05, 3.63) is 32.9 Å². The van der Waals surface area contributed by atoms with Gasteiger partial charge >= 0.3 is 0 Å². The van der Waals surface area contributed by atoms with Gasteiger partial charge in [0.05, 0.1) is 9.82 Å². The Balaban J connectivity index is 3.29. The molecule has 0 saturated carbocycles. The van der Waals surface area contributed by atoms with Crippen molar-refractivity contribution >= 4 is 15.7 Å². The molecule has 21 heavy (non-hydrogen) atoms. The minimum atomic E-state index is -3.80. The first kappa shape index (κ1) is 17.5. The largest absolute Gasteiger partial charge is 0.328 e. The lowest BCUT2D eigenvalue weighted by Gasteiger charge is -2.14. The van der Waals surface area contributed by atoms with E-state index >= 15 is 0 Å². The lowest BCUT2D eigenvalue weighted by Crippen LogP contribution is -2.30. The molecule has 1 rings (SSSR count). The van der Waals surface area contributed by atoms with E-state index in [2.05, 4.69) is 4.72 Å². The molecule has 7 nitrogen and oxygen atoms in total. The molecule has 1 aromatic carbocycles. The Morgan fingerprint density at radius 3 is 2.38 bits per heavy atom. The van der Waals surface area contributed by atoms with Gasteiger partial charge in [0.25, 0.3) is 5.69 Å². The van der Waals surface area contributed by atoms with Crippen molar-refractivity contribution in [1.29, 1.82) is 0 Å². The summed E-state index contributed by atoms with van der Waals surface area (Å²) in [5.41, 5.74) is 6.52. The Morgan fingerprint density at radius 2 is 1.90 bits per heavy atom. The Hall–Kier alpha value is -1.51. The number of benzene rings is 1. The van der Waals surface area contributed by atoms with Gasteiger partial charge in [0.15, 0.2) is 0 Å². The first-order valence-electron chi connectivity index (χ1n) is 6.58. The van der Waals surface area contributed by atoms with E-state index < -0.39 is 14.9 Å². The second kappa shape index (κ2) is 6.50. The van der Waals surface area contributed by atoms with Crippen molar-refractivity contribution in [2.24, 2.45) is 5.73 Å². The van der Waals surface area contributed by atoms with Crippen molar-refractivity contribution in [2.75, 3.05) is 6.54 Å². The SMILES string of the molecule is Cc1cc(C)c(S(=O)(=O)NCCC(C)N)c(C)c1[N+](=O)[O-]. The average Bonchev–Trinajstić information content (AvgIpc) is 2.25. The quantitative estimate of drug-likeness (QED) is 0.610. The van der Waals surface area contributed by atoms with Gasteiger partial charge in [-0.2, -0.15) is 0 Å². The zero-order valence-electron chi connectivity index (χ0n) is 12.6. The Kier molecular flexibility index (Phi) is 5.43. The maximum atomic E-state index is 12.4. The number of nitrogens with two attached hydrogens (primary N) is 1. The van der Waals surface area contributed by atoms with E-state index in [1.165, 1.54) is 13.0 Å². The number of nitro groups is 1. The van der Waals surface area contributed by atoms with Gasteiger partial charge in [-0.15, -0.1) is 0 Å². The van der Waals surface area contributed by atoms with Crippen molar-refractivity contribution in [1.82, 2.24) is 4.72 Å². The summed E-state index contributed by atoms with van der Waals surface area (Å²) in [6, 6.07) is 1.40. The van der Waals surface area contributed by atoms with E-state index in [1.54, 1.807) is 20.8 Å². The second-order valence-corrected chi connectivity index (χ2v) is 6.94. The zero-order chi connectivity index (χ0) is 16.4. The molecule has 118 valence electrons. The highest BCUT2D eigenvalue weighted by Gasteiger charge is 2.27. The normalized spacial score (nSPS) is 13.2. The molecular formula is C13H21N3O4S. The van der Waals surface area contributed by atoms with E-state index in [0.29, 0.717) is 17.5 Å². The molecule has 8 heteroatoms. The first-order chi connectivity index (χ1) is 9.58. The number of aryl methyl sites for hydroxylation is 2. The first-order valence-corrected chi connectivity index (χ1v) is 8.06. The van der Waals surface area contributed by atoms with Gasteiger partial charge in [0.1, 0.15) is 0 Å². The molecule has 3 N–H and O–H groups in total. The van der Waals surface area contributed by atoms with E-state index in [1.807, 2.05) is 0 Å². The van der Waals surface area contributed by atoms with Crippen LogP contribution in [-0.2, 0) is 10.0 Å². The number of sulfonamides is 1. The third-order valence-corrected chi connectivity index (χ3v) is 4.95. The number of nitrogens with one attached hydrogen (secondary N) is 1. The highest BCUT2D eigenvalue weighted by molar-refractivity contribution is 7.89. The number of hydrogen-bond acceptors (Lipinski definition) is 5.